The van der Waals surface area contributed by atoms with Gasteiger partial charge in [0.2, 0.25) is 0 Å². The normalized spacial score (nSPS) is 12.1. The molecular formula is C25H23F3O6S. The maximum absolute atomic E-state index is 13.2. The first kappa shape index (κ1) is 26.2. The standard InChI is InChI=1S/C25H23F3O6S/c1-2-13-32-21-14-17(3-12-24(29)30)15-23(16-21)35(31)22-10-8-19(9-11-22)33-18-4-6-20(7-5-18)34-25(26,27)28/h4-11,14-16H,2-3,12-13H2,1H3,(H,29,30). The molecule has 0 bridgehead atoms. The first-order chi connectivity index (χ1) is 16.6. The van der Waals surface area contributed by atoms with Crippen LogP contribution in [0, 0.1) is 0 Å². The minimum atomic E-state index is -4.77. The molecule has 0 heterocycles. The van der Waals surface area contributed by atoms with E-state index in [0.717, 1.165) is 18.6 Å². The summed E-state index contributed by atoms with van der Waals surface area (Å²) in [4.78, 5) is 11.9. The van der Waals surface area contributed by atoms with Crippen molar-refractivity contribution >= 4 is 17.1 Å². The van der Waals surface area contributed by atoms with Crippen LogP contribution in [0.5, 0.6) is 23.0 Å². The van der Waals surface area contributed by atoms with Crippen LogP contribution in [0.4, 0.5) is 13.2 Å². The van der Waals surface area contributed by atoms with Crippen LogP contribution in [0.2, 0.25) is 0 Å². The molecule has 3 rings (SSSR count). The van der Waals surface area contributed by atoms with Gasteiger partial charge in [0, 0.05) is 23.7 Å². The second kappa shape index (κ2) is 11.9. The quantitative estimate of drug-likeness (QED) is 0.304. The number of carbonyl (C=O) groups is 1. The van der Waals surface area contributed by atoms with Crippen LogP contribution in [0.25, 0.3) is 0 Å². The molecule has 0 radical (unpaired) electrons. The zero-order chi connectivity index (χ0) is 25.4. The van der Waals surface area contributed by atoms with Crippen molar-refractivity contribution in [1.29, 1.82) is 0 Å². The van der Waals surface area contributed by atoms with Crippen molar-refractivity contribution in [2.24, 2.45) is 0 Å². The highest BCUT2D eigenvalue weighted by atomic mass is 32.2. The molecule has 0 saturated heterocycles. The van der Waals surface area contributed by atoms with Crippen molar-refractivity contribution in [2.45, 2.75) is 42.3 Å². The molecule has 0 saturated carbocycles. The van der Waals surface area contributed by atoms with E-state index >= 15 is 0 Å². The summed E-state index contributed by atoms with van der Waals surface area (Å²) < 4.78 is 65.1. The second-order valence-corrected chi connectivity index (χ2v) is 8.90. The third-order valence-corrected chi connectivity index (χ3v) is 5.95. The molecule has 0 aliphatic heterocycles. The second-order valence-electron chi connectivity index (χ2n) is 7.42. The number of benzene rings is 3. The van der Waals surface area contributed by atoms with E-state index in [0.29, 0.717) is 39.2 Å². The van der Waals surface area contributed by atoms with Gasteiger partial charge in [-0.3, -0.25) is 4.79 Å². The van der Waals surface area contributed by atoms with E-state index < -0.39 is 23.5 Å². The van der Waals surface area contributed by atoms with Crippen molar-refractivity contribution in [2.75, 3.05) is 6.61 Å². The van der Waals surface area contributed by atoms with Crippen molar-refractivity contribution in [3.8, 4) is 23.0 Å². The third kappa shape index (κ3) is 8.41. The molecular weight excluding hydrogens is 485 g/mol. The molecule has 0 fully saturated rings. The average Bonchev–Trinajstić information content (AvgIpc) is 2.81. The molecule has 1 N–H and O–H groups in total. The molecule has 1 atom stereocenters. The van der Waals surface area contributed by atoms with Crippen LogP contribution in [0.15, 0.2) is 76.5 Å². The monoisotopic (exact) mass is 508 g/mol. The van der Waals surface area contributed by atoms with E-state index in [9.17, 15) is 22.5 Å². The number of rotatable bonds is 11. The molecule has 0 aliphatic carbocycles. The molecule has 0 aliphatic rings. The fourth-order valence-corrected chi connectivity index (χ4v) is 4.19. The van der Waals surface area contributed by atoms with E-state index in [-0.39, 0.29) is 18.6 Å². The van der Waals surface area contributed by atoms with E-state index in [4.69, 9.17) is 14.6 Å². The molecule has 6 nitrogen and oxygen atoms in total. The largest absolute Gasteiger partial charge is 0.606 e. The Bertz CT molecular complexity index is 1120. The Kier molecular flexibility index (Phi) is 8.89. The van der Waals surface area contributed by atoms with Crippen LogP contribution in [-0.4, -0.2) is 28.6 Å². The Hall–Kier alpha value is -3.37. The van der Waals surface area contributed by atoms with Gasteiger partial charge in [-0.1, -0.05) is 6.92 Å². The van der Waals surface area contributed by atoms with E-state index in [1.807, 2.05) is 6.92 Å². The van der Waals surface area contributed by atoms with E-state index in [1.54, 1.807) is 42.5 Å². The van der Waals surface area contributed by atoms with Crippen molar-refractivity contribution < 1.29 is 41.8 Å². The molecule has 0 amide bonds. The Morgan fingerprint density at radius 2 is 1.51 bits per heavy atom. The maximum Gasteiger partial charge on any atom is 0.573 e. The number of aryl methyl sites for hydroxylation is 1. The first-order valence-corrected chi connectivity index (χ1v) is 11.8. The van der Waals surface area contributed by atoms with Gasteiger partial charge < -0.3 is 23.9 Å². The minimum absolute atomic E-state index is 0.0569. The van der Waals surface area contributed by atoms with Crippen LogP contribution in [-0.2, 0) is 22.4 Å². The van der Waals surface area contributed by atoms with Gasteiger partial charge in [-0.15, -0.1) is 13.2 Å². The van der Waals surface area contributed by atoms with Crippen LogP contribution < -0.4 is 14.2 Å². The molecule has 3 aromatic rings. The highest BCUT2D eigenvalue weighted by Gasteiger charge is 2.31. The van der Waals surface area contributed by atoms with Crippen LogP contribution in [0.3, 0.4) is 0 Å². The third-order valence-electron chi connectivity index (χ3n) is 4.59. The molecule has 35 heavy (non-hydrogen) atoms. The predicted octanol–water partition coefficient (Wildman–Crippen LogP) is 6.35. The average molecular weight is 509 g/mol. The number of carboxylic acids is 1. The van der Waals surface area contributed by atoms with Gasteiger partial charge in [0.15, 0.2) is 9.79 Å². The van der Waals surface area contributed by atoms with Crippen LogP contribution >= 0.6 is 0 Å². The maximum atomic E-state index is 13.2. The van der Waals surface area contributed by atoms with Crippen molar-refractivity contribution in [3.63, 3.8) is 0 Å². The SMILES string of the molecule is CCCOc1cc(CCC(=O)O)cc([S+]([O-])c2ccc(Oc3ccc(OC(F)(F)F)cc3)cc2)c1. The van der Waals surface area contributed by atoms with Gasteiger partial charge in [0.25, 0.3) is 0 Å². The summed E-state index contributed by atoms with van der Waals surface area (Å²) in [6.07, 6.45) is -3.76. The lowest BCUT2D eigenvalue weighted by molar-refractivity contribution is -0.274. The fraction of sp³-hybridized carbons (Fsp3) is 0.240. The van der Waals surface area contributed by atoms with Gasteiger partial charge in [0.1, 0.15) is 23.0 Å². The molecule has 10 heteroatoms. The fourth-order valence-electron chi connectivity index (χ4n) is 3.05. The van der Waals surface area contributed by atoms with E-state index in [1.165, 1.54) is 12.1 Å². The number of carboxylic acid groups (broad SMARTS) is 1. The summed E-state index contributed by atoms with van der Waals surface area (Å²) in [7, 11) is 0. The summed E-state index contributed by atoms with van der Waals surface area (Å²) in [6, 6.07) is 16.5. The summed E-state index contributed by atoms with van der Waals surface area (Å²) in [5, 5.41) is 8.98. The Morgan fingerprint density at radius 1 is 0.914 bits per heavy atom. The van der Waals surface area contributed by atoms with Gasteiger partial charge in [0.05, 0.1) is 6.61 Å². The smallest absolute Gasteiger partial charge is 0.573 e. The number of aliphatic carboxylic acids is 1. The predicted molar refractivity (Wildman–Crippen MR) is 123 cm³/mol. The van der Waals surface area contributed by atoms with Crippen molar-refractivity contribution in [3.05, 3.63) is 72.3 Å². The number of hydrogen-bond donors (Lipinski definition) is 1. The minimum Gasteiger partial charge on any atom is -0.606 e. The van der Waals surface area contributed by atoms with E-state index in [2.05, 4.69) is 4.74 Å². The van der Waals surface area contributed by atoms with Gasteiger partial charge in [-0.25, -0.2) is 0 Å². The van der Waals surface area contributed by atoms with Gasteiger partial charge >= 0.3 is 12.3 Å². The summed E-state index contributed by atoms with van der Waals surface area (Å²) in [5.41, 5.74) is 0.710. The molecule has 186 valence electrons. The van der Waals surface area contributed by atoms with Gasteiger partial charge in [-0.2, -0.15) is 0 Å². The highest BCUT2D eigenvalue weighted by Crippen LogP contribution is 2.30. The zero-order valence-corrected chi connectivity index (χ0v) is 19.5. The lowest BCUT2D eigenvalue weighted by Crippen LogP contribution is -2.16. The number of halogens is 3. The first-order valence-electron chi connectivity index (χ1n) is 10.7. The molecule has 3 aromatic carbocycles. The molecule has 0 spiro atoms. The number of alkyl halides is 3. The van der Waals surface area contributed by atoms with Crippen molar-refractivity contribution in [1.82, 2.24) is 0 Å². The summed E-state index contributed by atoms with van der Waals surface area (Å²) in [6.45, 7) is 2.44. The Labute approximate surface area is 203 Å². The molecule has 1 unspecified atom stereocenters. The highest BCUT2D eigenvalue weighted by molar-refractivity contribution is 7.91. The zero-order valence-electron chi connectivity index (χ0n) is 18.7. The van der Waals surface area contributed by atoms with Crippen LogP contribution in [0.1, 0.15) is 25.3 Å². The summed E-state index contributed by atoms with van der Waals surface area (Å²) >= 11 is -1.56. The Morgan fingerprint density at radius 3 is 2.09 bits per heavy atom. The Balaban J connectivity index is 1.72. The lowest BCUT2D eigenvalue weighted by Gasteiger charge is -2.14. The lowest BCUT2D eigenvalue weighted by atomic mass is 10.1. The van der Waals surface area contributed by atoms with Gasteiger partial charge in [-0.05, 0) is 79.1 Å². The number of ether oxygens (including phenoxy) is 3. The molecule has 0 aromatic heterocycles. The summed E-state index contributed by atoms with van der Waals surface area (Å²) in [5.74, 6) is -0.0558. The number of hydrogen-bond acceptors (Lipinski definition) is 5. The topological polar surface area (TPSA) is 88.1 Å².